The summed E-state index contributed by atoms with van der Waals surface area (Å²) in [7, 11) is 2.37. The largest absolute Gasteiger partial charge is 0.444 e. The van der Waals surface area contributed by atoms with E-state index in [1.165, 1.54) is 0 Å². The molecule has 1 saturated carbocycles. The van der Waals surface area contributed by atoms with Crippen LogP contribution in [-0.2, 0) is 30.3 Å². The van der Waals surface area contributed by atoms with E-state index in [9.17, 15) is 9.59 Å². The molecule has 2 fully saturated rings. The zero-order valence-corrected chi connectivity index (χ0v) is 29.2. The molecule has 0 spiro atoms. The highest BCUT2D eigenvalue weighted by Gasteiger charge is 2.47. The Bertz CT molecular complexity index is 1830. The van der Waals surface area contributed by atoms with Crippen LogP contribution in [0.5, 0.6) is 0 Å². The van der Waals surface area contributed by atoms with Gasteiger partial charge in [-0.15, -0.1) is 0 Å². The molecule has 4 aromatic rings. The van der Waals surface area contributed by atoms with Crippen LogP contribution in [0.2, 0.25) is 30.7 Å². The first kappa shape index (κ1) is 31.6. The van der Waals surface area contributed by atoms with Gasteiger partial charge in [0.1, 0.15) is 12.3 Å². The van der Waals surface area contributed by atoms with Gasteiger partial charge < -0.3 is 24.3 Å². The Labute approximate surface area is 269 Å². The fourth-order valence-electron chi connectivity index (χ4n) is 6.63. The van der Waals surface area contributed by atoms with Crippen LogP contribution >= 0.6 is 11.6 Å². The SMILES string of the molecule is Cn1cc2c(Cl)c(-c3cn(COCC[Si](C)(C)C)c4nc(N5CC6CC5CC6NC(=O)OC(C)(C)C)n(C)c(=O)c34)ccc2n1. The monoisotopic (exact) mass is 653 g/mol. The number of amides is 1. The van der Waals surface area contributed by atoms with Crippen molar-refractivity contribution in [3.05, 3.63) is 39.9 Å². The molecule has 3 aromatic heterocycles. The van der Waals surface area contributed by atoms with Crippen molar-refractivity contribution >= 4 is 53.7 Å². The number of carbonyl (C=O) groups excluding carboxylic acids is 1. The lowest BCUT2D eigenvalue weighted by Crippen LogP contribution is -2.48. The third-order valence-electron chi connectivity index (χ3n) is 8.83. The lowest BCUT2D eigenvalue weighted by Gasteiger charge is -2.33. The van der Waals surface area contributed by atoms with Crippen LogP contribution in [0.15, 0.2) is 29.3 Å². The predicted molar refractivity (Wildman–Crippen MR) is 181 cm³/mol. The molecule has 6 rings (SSSR count). The van der Waals surface area contributed by atoms with Crippen LogP contribution < -0.4 is 15.8 Å². The summed E-state index contributed by atoms with van der Waals surface area (Å²) in [6, 6.07) is 5.08. The van der Waals surface area contributed by atoms with Gasteiger partial charge in [-0.2, -0.15) is 10.1 Å². The van der Waals surface area contributed by atoms with Gasteiger partial charge in [-0.3, -0.25) is 14.0 Å². The summed E-state index contributed by atoms with van der Waals surface area (Å²) in [6.07, 6.45) is 5.13. The fraction of sp³-hybridized carbons (Fsp3) is 0.562. The van der Waals surface area contributed by atoms with E-state index in [-0.39, 0.29) is 36.4 Å². The van der Waals surface area contributed by atoms with Gasteiger partial charge in [0.05, 0.1) is 15.9 Å². The second-order valence-electron chi connectivity index (χ2n) is 14.8. The quantitative estimate of drug-likeness (QED) is 0.191. The predicted octanol–water partition coefficient (Wildman–Crippen LogP) is 5.75. The highest BCUT2D eigenvalue weighted by molar-refractivity contribution is 6.76. The van der Waals surface area contributed by atoms with E-state index >= 15 is 0 Å². The Balaban J connectivity index is 1.36. The average Bonchev–Trinajstić information content (AvgIpc) is 3.69. The summed E-state index contributed by atoms with van der Waals surface area (Å²) in [6.45, 7) is 14.2. The van der Waals surface area contributed by atoms with E-state index in [4.69, 9.17) is 26.1 Å². The van der Waals surface area contributed by atoms with E-state index in [0.29, 0.717) is 35.2 Å². The van der Waals surface area contributed by atoms with Gasteiger partial charge in [-0.25, -0.2) is 4.79 Å². The normalized spacial score (nSPS) is 20.1. The summed E-state index contributed by atoms with van der Waals surface area (Å²) in [4.78, 5) is 34.1. The van der Waals surface area contributed by atoms with Crippen molar-refractivity contribution in [3.63, 3.8) is 0 Å². The molecule has 1 aliphatic heterocycles. The number of benzene rings is 1. The molecule has 45 heavy (non-hydrogen) atoms. The zero-order valence-electron chi connectivity index (χ0n) is 27.5. The highest BCUT2D eigenvalue weighted by atomic mass is 35.5. The van der Waals surface area contributed by atoms with Crippen molar-refractivity contribution in [1.29, 1.82) is 0 Å². The molecule has 3 unspecified atom stereocenters. The van der Waals surface area contributed by atoms with E-state index in [1.807, 2.05) is 56.9 Å². The standard InChI is InChI=1S/C32H44ClN7O4Si/c1-32(2,3)44-31(42)34-25-14-20-13-19(25)15-40(20)30-35-28-26(29(41)38(30)5)22(17-39(28)18-43-11-12-45(6,7)8)21-9-10-24-23(27(21)33)16-37(4)36-24/h9-10,16-17,19-20,25H,11-15,18H2,1-8H3,(H,34,42). The smallest absolute Gasteiger partial charge is 0.407 e. The number of hydrogen-bond acceptors (Lipinski definition) is 7. The number of anilines is 1. The molecule has 1 N–H and O–H groups in total. The van der Waals surface area contributed by atoms with Crippen LogP contribution in [0.25, 0.3) is 33.1 Å². The molecule has 0 radical (unpaired) electrons. The Hall–Kier alpha value is -3.35. The number of nitrogens with one attached hydrogen (secondary N) is 1. The second kappa shape index (κ2) is 11.5. The molecule has 4 heterocycles. The fourth-order valence-corrected chi connectivity index (χ4v) is 7.69. The Morgan fingerprint density at radius 2 is 1.89 bits per heavy atom. The van der Waals surface area contributed by atoms with Crippen LogP contribution in [0.1, 0.15) is 33.6 Å². The third kappa shape index (κ3) is 6.24. The van der Waals surface area contributed by atoms with Gasteiger partial charge in [0.2, 0.25) is 5.95 Å². The Morgan fingerprint density at radius 1 is 1.13 bits per heavy atom. The average molecular weight is 654 g/mol. The summed E-state index contributed by atoms with van der Waals surface area (Å²) in [5, 5.41) is 9.44. The molecule has 13 heteroatoms. The molecule has 11 nitrogen and oxygen atoms in total. The maximum absolute atomic E-state index is 14.2. The van der Waals surface area contributed by atoms with Gasteiger partial charge in [0.25, 0.3) is 5.56 Å². The van der Waals surface area contributed by atoms with Crippen LogP contribution in [0.4, 0.5) is 10.7 Å². The topological polar surface area (TPSA) is 108 Å². The lowest BCUT2D eigenvalue weighted by molar-refractivity contribution is 0.0491. The number of halogens is 1. The number of hydrogen-bond donors (Lipinski definition) is 1. The first-order chi connectivity index (χ1) is 21.1. The van der Waals surface area contributed by atoms with E-state index in [1.54, 1.807) is 16.3 Å². The highest BCUT2D eigenvalue weighted by Crippen LogP contribution is 2.41. The number of piperidine rings is 1. The van der Waals surface area contributed by atoms with Crippen LogP contribution in [-0.4, -0.2) is 68.9 Å². The van der Waals surface area contributed by atoms with E-state index < -0.39 is 13.7 Å². The van der Waals surface area contributed by atoms with Crippen LogP contribution in [0.3, 0.4) is 0 Å². The molecule has 1 aromatic carbocycles. The number of alkyl carbamates (subject to hydrolysis) is 1. The molecule has 2 aliphatic rings. The van der Waals surface area contributed by atoms with Crippen molar-refractivity contribution in [3.8, 4) is 11.1 Å². The number of ether oxygens (including phenoxy) is 2. The first-order valence-corrected chi connectivity index (χ1v) is 19.7. The molecular weight excluding hydrogens is 610 g/mol. The van der Waals surface area contributed by atoms with Gasteiger partial charge in [-0.1, -0.05) is 37.3 Å². The molecule has 3 atom stereocenters. The van der Waals surface area contributed by atoms with Gasteiger partial charge in [-0.05, 0) is 51.6 Å². The van der Waals surface area contributed by atoms with Crippen molar-refractivity contribution < 1.29 is 14.3 Å². The van der Waals surface area contributed by atoms with Crippen molar-refractivity contribution in [2.24, 2.45) is 20.0 Å². The number of aromatic nitrogens is 5. The van der Waals surface area contributed by atoms with Gasteiger partial charge in [0, 0.05) is 76.3 Å². The van der Waals surface area contributed by atoms with Gasteiger partial charge in [0.15, 0.2) is 5.65 Å². The minimum Gasteiger partial charge on any atom is -0.444 e. The Kier molecular flexibility index (Phi) is 8.06. The van der Waals surface area contributed by atoms with Gasteiger partial charge >= 0.3 is 6.09 Å². The number of nitrogens with zero attached hydrogens (tertiary/aromatic N) is 6. The summed E-state index contributed by atoms with van der Waals surface area (Å²) in [5.74, 6) is 0.866. The minimum atomic E-state index is -1.28. The van der Waals surface area contributed by atoms with E-state index in [0.717, 1.165) is 40.9 Å². The summed E-state index contributed by atoms with van der Waals surface area (Å²) < 4.78 is 17.0. The van der Waals surface area contributed by atoms with Crippen molar-refractivity contribution in [2.45, 2.75) is 83.7 Å². The lowest BCUT2D eigenvalue weighted by atomic mass is 10.0. The number of fused-ring (bicyclic) bond motifs is 4. The minimum absolute atomic E-state index is 0.0293. The second-order valence-corrected chi connectivity index (χ2v) is 20.8. The van der Waals surface area contributed by atoms with Crippen LogP contribution in [0, 0.1) is 5.92 Å². The zero-order chi connectivity index (χ0) is 32.4. The molecule has 1 amide bonds. The number of aryl methyl sites for hydroxylation is 1. The number of carbonyl (C=O) groups is 1. The summed E-state index contributed by atoms with van der Waals surface area (Å²) >= 11 is 6.97. The molecule has 1 saturated heterocycles. The first-order valence-electron chi connectivity index (χ1n) is 15.7. The van der Waals surface area contributed by atoms with Crippen molar-refractivity contribution in [1.82, 2.24) is 29.2 Å². The third-order valence-corrected chi connectivity index (χ3v) is 10.9. The maximum atomic E-state index is 14.2. The summed E-state index contributed by atoms with van der Waals surface area (Å²) in [5.41, 5.74) is 2.15. The molecule has 242 valence electrons. The Morgan fingerprint density at radius 3 is 2.56 bits per heavy atom. The molecule has 1 aliphatic carbocycles. The molecular formula is C32H44ClN7O4Si. The molecule has 2 bridgehead atoms. The number of rotatable bonds is 8. The van der Waals surface area contributed by atoms with Crippen molar-refractivity contribution in [2.75, 3.05) is 18.1 Å². The van der Waals surface area contributed by atoms with E-state index in [2.05, 4.69) is 35.0 Å². The maximum Gasteiger partial charge on any atom is 0.407 e.